The third-order valence-electron chi connectivity index (χ3n) is 3.37. The number of alkyl halides is 3. The lowest BCUT2D eigenvalue weighted by Gasteiger charge is -2.26. The highest BCUT2D eigenvalue weighted by molar-refractivity contribution is 5.85. The number of carbonyl (C=O) groups excluding carboxylic acids is 1. The minimum atomic E-state index is -4.50. The van der Waals surface area contributed by atoms with Crippen LogP contribution in [0, 0.1) is 0 Å². The molecule has 1 aromatic rings. The fraction of sp³-hybridized carbons (Fsp3) is 0.357. The summed E-state index contributed by atoms with van der Waals surface area (Å²) in [5.41, 5.74) is -0.565. The second-order valence-electron chi connectivity index (χ2n) is 4.88. The van der Waals surface area contributed by atoms with Gasteiger partial charge >= 0.3 is 6.18 Å². The summed E-state index contributed by atoms with van der Waals surface area (Å²) in [5, 5.41) is 11.7. The monoisotopic (exact) mass is 316 g/mol. The van der Waals surface area contributed by atoms with E-state index in [1.165, 1.54) is 19.3 Å². The molecule has 1 atom stereocenters. The van der Waals surface area contributed by atoms with Crippen LogP contribution >= 0.6 is 0 Å². The molecule has 0 aromatic heterocycles. The molecule has 8 heteroatoms. The second-order valence-corrected chi connectivity index (χ2v) is 4.88. The Morgan fingerprint density at radius 3 is 2.68 bits per heavy atom. The zero-order valence-electron chi connectivity index (χ0n) is 11.9. The first-order valence-electron chi connectivity index (χ1n) is 6.39. The number of amides is 1. The molecular formula is C14H15F3N2O3. The minimum Gasteiger partial charge on any atom is -0.496 e. The van der Waals surface area contributed by atoms with E-state index in [1.807, 2.05) is 0 Å². The predicted molar refractivity (Wildman–Crippen MR) is 72.2 cm³/mol. The van der Waals surface area contributed by atoms with Crippen molar-refractivity contribution in [3.63, 3.8) is 0 Å². The lowest BCUT2D eigenvalue weighted by molar-refractivity contribution is -0.137. The molecule has 0 bridgehead atoms. The Bertz CT molecular complexity index is 614. The van der Waals surface area contributed by atoms with Crippen LogP contribution in [-0.2, 0) is 11.0 Å². The number of likely N-dealkylation sites (N-methyl/N-ethyl adjacent to an activating group) is 1. The van der Waals surface area contributed by atoms with Gasteiger partial charge in [-0.3, -0.25) is 15.0 Å². The molecule has 0 saturated carbocycles. The number of benzene rings is 1. The van der Waals surface area contributed by atoms with Crippen LogP contribution < -0.4 is 10.1 Å². The SMILES string of the molecule is COc1cc(C(F)(F)F)ccc1C1C(=O)NC(O)=CCN1C. The maximum Gasteiger partial charge on any atom is 0.416 e. The molecule has 22 heavy (non-hydrogen) atoms. The topological polar surface area (TPSA) is 61.8 Å². The number of methoxy groups -OCH3 is 1. The van der Waals surface area contributed by atoms with Crippen molar-refractivity contribution >= 4 is 5.91 Å². The van der Waals surface area contributed by atoms with Crippen molar-refractivity contribution < 1.29 is 27.8 Å². The van der Waals surface area contributed by atoms with Gasteiger partial charge in [0.25, 0.3) is 0 Å². The summed E-state index contributed by atoms with van der Waals surface area (Å²) in [5.74, 6) is -0.875. The zero-order chi connectivity index (χ0) is 16.5. The Morgan fingerprint density at radius 1 is 1.41 bits per heavy atom. The van der Waals surface area contributed by atoms with Gasteiger partial charge in [-0.25, -0.2) is 0 Å². The van der Waals surface area contributed by atoms with Crippen molar-refractivity contribution in [3.8, 4) is 5.75 Å². The normalized spacial score (nSPS) is 20.1. The number of nitrogens with one attached hydrogen (secondary N) is 1. The van der Waals surface area contributed by atoms with Crippen LogP contribution in [0.3, 0.4) is 0 Å². The molecule has 5 nitrogen and oxygen atoms in total. The van der Waals surface area contributed by atoms with E-state index in [1.54, 1.807) is 11.9 Å². The largest absolute Gasteiger partial charge is 0.496 e. The average molecular weight is 316 g/mol. The van der Waals surface area contributed by atoms with Gasteiger partial charge in [0.1, 0.15) is 11.8 Å². The molecule has 0 fully saturated rings. The second kappa shape index (κ2) is 5.88. The van der Waals surface area contributed by atoms with E-state index in [2.05, 4.69) is 5.32 Å². The van der Waals surface area contributed by atoms with Crippen LogP contribution in [-0.4, -0.2) is 36.6 Å². The summed E-state index contributed by atoms with van der Waals surface area (Å²) in [7, 11) is 2.86. The van der Waals surface area contributed by atoms with Crippen LogP contribution in [0.1, 0.15) is 17.2 Å². The molecule has 0 spiro atoms. The number of carbonyl (C=O) groups is 1. The summed E-state index contributed by atoms with van der Waals surface area (Å²) >= 11 is 0. The van der Waals surface area contributed by atoms with E-state index in [9.17, 15) is 23.1 Å². The Kier molecular flexibility index (Phi) is 4.32. The highest BCUT2D eigenvalue weighted by Gasteiger charge is 2.34. The molecular weight excluding hydrogens is 301 g/mol. The van der Waals surface area contributed by atoms with E-state index in [0.29, 0.717) is 5.56 Å². The fourth-order valence-electron chi connectivity index (χ4n) is 2.27. The fourth-order valence-corrected chi connectivity index (χ4v) is 2.27. The standard InChI is InChI=1S/C14H15F3N2O3/c1-19-6-5-11(20)18-13(21)12(19)9-4-3-8(14(15,16)17)7-10(9)22-2/h3-5,7,12,20H,6H2,1-2H3,(H,18,21). The van der Waals surface area contributed by atoms with Crippen molar-refractivity contribution in [1.82, 2.24) is 10.2 Å². The van der Waals surface area contributed by atoms with Crippen LogP contribution in [0.2, 0.25) is 0 Å². The van der Waals surface area contributed by atoms with Gasteiger partial charge in [-0.2, -0.15) is 13.2 Å². The van der Waals surface area contributed by atoms with E-state index in [0.717, 1.165) is 12.1 Å². The molecule has 0 radical (unpaired) electrons. The summed E-state index contributed by atoms with van der Waals surface area (Å²) < 4.78 is 43.3. The molecule has 120 valence electrons. The lowest BCUT2D eigenvalue weighted by atomic mass is 10.0. The number of halogens is 3. The van der Waals surface area contributed by atoms with Gasteiger partial charge in [-0.15, -0.1) is 0 Å². The van der Waals surface area contributed by atoms with Gasteiger partial charge in [0, 0.05) is 12.1 Å². The molecule has 1 aliphatic rings. The maximum atomic E-state index is 12.8. The molecule has 1 amide bonds. The number of hydrogen-bond acceptors (Lipinski definition) is 4. The molecule has 1 unspecified atom stereocenters. The van der Waals surface area contributed by atoms with E-state index in [-0.39, 0.29) is 18.2 Å². The van der Waals surface area contributed by atoms with Gasteiger partial charge in [0.15, 0.2) is 5.88 Å². The van der Waals surface area contributed by atoms with Crippen molar-refractivity contribution in [1.29, 1.82) is 0 Å². The molecule has 0 saturated heterocycles. The van der Waals surface area contributed by atoms with Gasteiger partial charge in [0.05, 0.1) is 12.7 Å². The minimum absolute atomic E-state index is 0.0387. The van der Waals surface area contributed by atoms with Crippen molar-refractivity contribution in [2.75, 3.05) is 20.7 Å². The lowest BCUT2D eigenvalue weighted by Crippen LogP contribution is -2.36. The Hall–Kier alpha value is -2.22. The van der Waals surface area contributed by atoms with Gasteiger partial charge < -0.3 is 9.84 Å². The first kappa shape index (κ1) is 16.2. The molecule has 0 aliphatic carbocycles. The summed E-state index contributed by atoms with van der Waals surface area (Å²) in [6.45, 7) is 0.249. The molecule has 2 N–H and O–H groups in total. The average Bonchev–Trinajstić information content (AvgIpc) is 2.56. The first-order valence-corrected chi connectivity index (χ1v) is 6.39. The summed E-state index contributed by atoms with van der Waals surface area (Å²) in [4.78, 5) is 13.7. The third kappa shape index (κ3) is 3.16. The molecule has 1 aromatic carbocycles. The highest BCUT2D eigenvalue weighted by Crippen LogP contribution is 2.36. The predicted octanol–water partition coefficient (Wildman–Crippen LogP) is 2.22. The first-order chi connectivity index (χ1) is 10.2. The quantitative estimate of drug-likeness (QED) is 0.878. The van der Waals surface area contributed by atoms with E-state index < -0.39 is 23.7 Å². The van der Waals surface area contributed by atoms with Crippen molar-refractivity contribution in [2.24, 2.45) is 0 Å². The molecule has 2 rings (SSSR count). The number of rotatable bonds is 2. The Labute approximate surface area is 125 Å². The number of aliphatic hydroxyl groups excluding tert-OH is 1. The number of aliphatic hydroxyl groups is 1. The number of ether oxygens (including phenoxy) is 1. The highest BCUT2D eigenvalue weighted by atomic mass is 19.4. The third-order valence-corrected chi connectivity index (χ3v) is 3.37. The van der Waals surface area contributed by atoms with Crippen LogP contribution in [0.5, 0.6) is 5.75 Å². The van der Waals surface area contributed by atoms with Gasteiger partial charge in [0.2, 0.25) is 5.91 Å². The Morgan fingerprint density at radius 2 is 2.09 bits per heavy atom. The smallest absolute Gasteiger partial charge is 0.416 e. The van der Waals surface area contributed by atoms with Crippen molar-refractivity contribution in [3.05, 3.63) is 41.3 Å². The molecule has 1 aliphatic heterocycles. The summed E-state index contributed by atoms with van der Waals surface area (Å²) in [6, 6.07) is 2.09. The molecule has 1 heterocycles. The van der Waals surface area contributed by atoms with E-state index >= 15 is 0 Å². The maximum absolute atomic E-state index is 12.8. The van der Waals surface area contributed by atoms with Gasteiger partial charge in [-0.1, -0.05) is 6.07 Å². The Balaban J connectivity index is 2.45. The number of nitrogens with zero attached hydrogens (tertiary/aromatic N) is 1. The number of hydrogen-bond donors (Lipinski definition) is 2. The van der Waals surface area contributed by atoms with Crippen LogP contribution in [0.15, 0.2) is 30.2 Å². The summed E-state index contributed by atoms with van der Waals surface area (Å²) in [6.07, 6.45) is -3.10. The zero-order valence-corrected chi connectivity index (χ0v) is 11.9. The van der Waals surface area contributed by atoms with E-state index in [4.69, 9.17) is 4.74 Å². The van der Waals surface area contributed by atoms with Crippen LogP contribution in [0.4, 0.5) is 13.2 Å². The van der Waals surface area contributed by atoms with Gasteiger partial charge in [-0.05, 0) is 25.3 Å². The van der Waals surface area contributed by atoms with Crippen LogP contribution in [0.25, 0.3) is 0 Å². The van der Waals surface area contributed by atoms with Crippen molar-refractivity contribution in [2.45, 2.75) is 12.2 Å².